The number of unbranched alkanes of at least 4 members (excludes halogenated alkanes) is 3. The zero-order valence-electron chi connectivity index (χ0n) is 8.63. The highest BCUT2D eigenvalue weighted by atomic mass is 32.1. The summed E-state index contributed by atoms with van der Waals surface area (Å²) in [5, 5.41) is 1.97. The molecule has 0 atom stereocenters. The molecule has 0 unspecified atom stereocenters. The van der Waals surface area contributed by atoms with Gasteiger partial charge in [0, 0.05) is 4.88 Å². The van der Waals surface area contributed by atoms with Crippen molar-refractivity contribution in [1.82, 2.24) is 0 Å². The summed E-state index contributed by atoms with van der Waals surface area (Å²) >= 11 is 1.58. The van der Waals surface area contributed by atoms with Crippen molar-refractivity contribution in [2.45, 2.75) is 39.0 Å². The van der Waals surface area contributed by atoms with Crippen LogP contribution in [0.1, 0.15) is 43.9 Å². The number of thiophene rings is 1. The first-order chi connectivity index (χ1) is 6.83. The molecule has 0 aliphatic rings. The van der Waals surface area contributed by atoms with Crippen LogP contribution < -0.4 is 0 Å². The first-order valence-electron chi connectivity index (χ1n) is 5.22. The van der Waals surface area contributed by atoms with Crippen molar-refractivity contribution in [3.8, 4) is 0 Å². The monoisotopic (exact) mass is 212 g/mol. The van der Waals surface area contributed by atoms with Crippen LogP contribution in [0, 0.1) is 0 Å². The standard InChI is InChI=1S/C12H17FS/c1-2-3-4-5-7-11(13)10-12-8-6-9-14-12/h6,8-10H,2-5,7H2,1H3/b11-10-. The Kier molecular flexibility index (Phi) is 5.53. The molecule has 0 nitrogen and oxygen atoms in total. The molecular formula is C12H17FS. The minimum atomic E-state index is 0.0172. The summed E-state index contributed by atoms with van der Waals surface area (Å²) in [7, 11) is 0. The largest absolute Gasteiger partial charge is 0.212 e. The maximum Gasteiger partial charge on any atom is 0.101 e. The molecule has 0 aliphatic carbocycles. The molecule has 0 aliphatic heterocycles. The lowest BCUT2D eigenvalue weighted by molar-refractivity contribution is 0.559. The van der Waals surface area contributed by atoms with Gasteiger partial charge in [-0.15, -0.1) is 11.3 Å². The van der Waals surface area contributed by atoms with Gasteiger partial charge in [0.05, 0.1) is 0 Å². The van der Waals surface area contributed by atoms with Gasteiger partial charge in [-0.3, -0.25) is 0 Å². The molecule has 0 fully saturated rings. The van der Waals surface area contributed by atoms with Crippen LogP contribution in [-0.2, 0) is 0 Å². The van der Waals surface area contributed by atoms with Gasteiger partial charge >= 0.3 is 0 Å². The Labute approximate surface area is 89.5 Å². The quantitative estimate of drug-likeness (QED) is 0.580. The molecule has 2 heteroatoms. The molecule has 78 valence electrons. The fourth-order valence-electron chi connectivity index (χ4n) is 1.32. The zero-order chi connectivity index (χ0) is 10.2. The van der Waals surface area contributed by atoms with Crippen LogP contribution in [0.5, 0.6) is 0 Å². The maximum absolute atomic E-state index is 13.3. The normalized spacial score (nSPS) is 12.0. The fourth-order valence-corrected chi connectivity index (χ4v) is 1.99. The lowest BCUT2D eigenvalue weighted by Gasteiger charge is -1.97. The van der Waals surface area contributed by atoms with Gasteiger partial charge in [0.15, 0.2) is 0 Å². The van der Waals surface area contributed by atoms with Crippen LogP contribution in [0.15, 0.2) is 23.3 Å². The predicted molar refractivity (Wildman–Crippen MR) is 62.2 cm³/mol. The highest BCUT2D eigenvalue weighted by Crippen LogP contribution is 2.18. The van der Waals surface area contributed by atoms with Crippen molar-refractivity contribution < 1.29 is 4.39 Å². The summed E-state index contributed by atoms with van der Waals surface area (Å²) in [6.45, 7) is 2.16. The molecule has 1 aromatic heterocycles. The van der Waals surface area contributed by atoms with E-state index in [2.05, 4.69) is 6.92 Å². The van der Waals surface area contributed by atoms with Gasteiger partial charge in [-0.1, -0.05) is 32.3 Å². The van der Waals surface area contributed by atoms with Crippen molar-refractivity contribution in [3.05, 3.63) is 28.2 Å². The van der Waals surface area contributed by atoms with E-state index in [0.29, 0.717) is 6.42 Å². The van der Waals surface area contributed by atoms with E-state index in [1.165, 1.54) is 12.8 Å². The first kappa shape index (κ1) is 11.4. The molecule has 0 spiro atoms. The molecule has 14 heavy (non-hydrogen) atoms. The number of allylic oxidation sites excluding steroid dienone is 1. The Hall–Kier alpha value is -0.630. The van der Waals surface area contributed by atoms with Crippen LogP contribution in [0.25, 0.3) is 6.08 Å². The highest BCUT2D eigenvalue weighted by Gasteiger charge is 1.96. The summed E-state index contributed by atoms with van der Waals surface area (Å²) in [4.78, 5) is 1.01. The molecule has 1 aromatic rings. The van der Waals surface area contributed by atoms with E-state index < -0.39 is 0 Å². The molecular weight excluding hydrogens is 195 g/mol. The number of hydrogen-bond acceptors (Lipinski definition) is 1. The molecule has 0 aromatic carbocycles. The lowest BCUT2D eigenvalue weighted by atomic mass is 10.1. The van der Waals surface area contributed by atoms with Crippen molar-refractivity contribution in [3.63, 3.8) is 0 Å². The Morgan fingerprint density at radius 3 is 2.93 bits per heavy atom. The molecule has 0 saturated heterocycles. The van der Waals surface area contributed by atoms with Gasteiger partial charge in [-0.05, 0) is 30.4 Å². The minimum Gasteiger partial charge on any atom is -0.212 e. The van der Waals surface area contributed by atoms with Crippen molar-refractivity contribution in [2.75, 3.05) is 0 Å². The van der Waals surface area contributed by atoms with Crippen molar-refractivity contribution >= 4 is 17.4 Å². The van der Waals surface area contributed by atoms with Gasteiger partial charge in [0.1, 0.15) is 5.83 Å². The molecule has 0 radical (unpaired) electrons. The second-order valence-electron chi connectivity index (χ2n) is 3.42. The van der Waals surface area contributed by atoms with E-state index in [9.17, 15) is 4.39 Å². The fraction of sp³-hybridized carbons (Fsp3) is 0.500. The highest BCUT2D eigenvalue weighted by molar-refractivity contribution is 7.10. The lowest BCUT2D eigenvalue weighted by Crippen LogP contribution is -1.78. The smallest absolute Gasteiger partial charge is 0.101 e. The van der Waals surface area contributed by atoms with Gasteiger partial charge in [-0.2, -0.15) is 0 Å². The molecule has 0 amide bonds. The minimum absolute atomic E-state index is 0.0172. The first-order valence-corrected chi connectivity index (χ1v) is 6.10. The Balaban J connectivity index is 2.24. The van der Waals surface area contributed by atoms with E-state index in [1.807, 2.05) is 17.5 Å². The zero-order valence-corrected chi connectivity index (χ0v) is 9.45. The molecule has 0 N–H and O–H groups in total. The average Bonchev–Trinajstić information content (AvgIpc) is 2.65. The summed E-state index contributed by atoms with van der Waals surface area (Å²) < 4.78 is 13.3. The molecule has 0 saturated carbocycles. The Morgan fingerprint density at radius 2 is 2.29 bits per heavy atom. The second kappa shape index (κ2) is 6.77. The Bertz CT molecular complexity index is 262. The van der Waals surface area contributed by atoms with E-state index >= 15 is 0 Å². The maximum atomic E-state index is 13.3. The third-order valence-electron chi connectivity index (χ3n) is 2.11. The third-order valence-corrected chi connectivity index (χ3v) is 2.93. The van der Waals surface area contributed by atoms with E-state index in [1.54, 1.807) is 17.4 Å². The molecule has 1 rings (SSSR count). The summed E-state index contributed by atoms with van der Waals surface area (Å²) in [5.74, 6) is 0.0172. The third kappa shape index (κ3) is 4.56. The van der Waals surface area contributed by atoms with Gasteiger partial charge in [0.2, 0.25) is 0 Å². The predicted octanol–water partition coefficient (Wildman–Crippen LogP) is 5.03. The van der Waals surface area contributed by atoms with E-state index in [4.69, 9.17) is 0 Å². The summed E-state index contributed by atoms with van der Waals surface area (Å²) in [6, 6.07) is 3.89. The van der Waals surface area contributed by atoms with Crippen LogP contribution in [0.2, 0.25) is 0 Å². The average molecular weight is 212 g/mol. The van der Waals surface area contributed by atoms with Crippen molar-refractivity contribution in [1.29, 1.82) is 0 Å². The number of halogens is 1. The molecule has 1 heterocycles. The van der Waals surface area contributed by atoms with Gasteiger partial charge in [-0.25, -0.2) is 4.39 Å². The number of hydrogen-bond donors (Lipinski definition) is 0. The second-order valence-corrected chi connectivity index (χ2v) is 4.40. The van der Waals surface area contributed by atoms with Crippen molar-refractivity contribution in [2.24, 2.45) is 0 Å². The van der Waals surface area contributed by atoms with Crippen LogP contribution in [-0.4, -0.2) is 0 Å². The number of rotatable bonds is 6. The van der Waals surface area contributed by atoms with E-state index in [0.717, 1.165) is 17.7 Å². The SMILES string of the molecule is CCCCCC/C(F)=C/c1cccs1. The van der Waals surface area contributed by atoms with Gasteiger partial charge in [0.25, 0.3) is 0 Å². The topological polar surface area (TPSA) is 0 Å². The Morgan fingerprint density at radius 1 is 1.43 bits per heavy atom. The van der Waals surface area contributed by atoms with Crippen LogP contribution in [0.4, 0.5) is 4.39 Å². The van der Waals surface area contributed by atoms with Gasteiger partial charge < -0.3 is 0 Å². The summed E-state index contributed by atoms with van der Waals surface area (Å²) in [6.07, 6.45) is 6.78. The summed E-state index contributed by atoms with van der Waals surface area (Å²) in [5.41, 5.74) is 0. The van der Waals surface area contributed by atoms with E-state index in [-0.39, 0.29) is 5.83 Å². The molecule has 0 bridgehead atoms. The van der Waals surface area contributed by atoms with Crippen LogP contribution >= 0.6 is 11.3 Å². The van der Waals surface area contributed by atoms with Crippen LogP contribution in [0.3, 0.4) is 0 Å².